The fourth-order valence-corrected chi connectivity index (χ4v) is 2.17. The summed E-state index contributed by atoms with van der Waals surface area (Å²) < 4.78 is 18.5. The third-order valence-corrected chi connectivity index (χ3v) is 3.57. The van der Waals surface area contributed by atoms with E-state index in [-0.39, 0.29) is 24.4 Å². The molecule has 22 heavy (non-hydrogen) atoms. The standard InChI is InChI=1S/C15H14BrFN2O3/c16-13-2-1-11(17)7-12(13)15(21)18-5-3-14(20)19-8-10-4-6-22-9-10/h1-2,4,6-7,9H,3,5,8H2,(H,18,21)(H,19,20). The molecule has 0 aliphatic rings. The number of nitrogens with one attached hydrogen (secondary N) is 2. The Labute approximate surface area is 135 Å². The van der Waals surface area contributed by atoms with Gasteiger partial charge < -0.3 is 15.1 Å². The Morgan fingerprint density at radius 1 is 1.23 bits per heavy atom. The van der Waals surface area contributed by atoms with Gasteiger partial charge in [0.25, 0.3) is 5.91 Å². The molecule has 116 valence electrons. The highest BCUT2D eigenvalue weighted by molar-refractivity contribution is 9.10. The van der Waals surface area contributed by atoms with Gasteiger partial charge in [-0.05, 0) is 40.2 Å². The van der Waals surface area contributed by atoms with Crippen molar-refractivity contribution in [1.29, 1.82) is 0 Å². The van der Waals surface area contributed by atoms with Gasteiger partial charge in [-0.2, -0.15) is 0 Å². The van der Waals surface area contributed by atoms with Crippen molar-refractivity contribution in [2.24, 2.45) is 0 Å². The molecule has 1 heterocycles. The van der Waals surface area contributed by atoms with Gasteiger partial charge in [0.1, 0.15) is 5.82 Å². The maximum atomic E-state index is 13.1. The van der Waals surface area contributed by atoms with Crippen LogP contribution >= 0.6 is 15.9 Å². The summed E-state index contributed by atoms with van der Waals surface area (Å²) in [5, 5.41) is 5.28. The average molecular weight is 369 g/mol. The first-order valence-electron chi connectivity index (χ1n) is 6.57. The lowest BCUT2D eigenvalue weighted by Crippen LogP contribution is -2.30. The first-order valence-corrected chi connectivity index (χ1v) is 7.36. The minimum Gasteiger partial charge on any atom is -0.472 e. The Bertz CT molecular complexity index is 659. The number of hydrogen-bond donors (Lipinski definition) is 2. The van der Waals surface area contributed by atoms with E-state index in [4.69, 9.17) is 4.42 Å². The fraction of sp³-hybridized carbons (Fsp3) is 0.200. The van der Waals surface area contributed by atoms with Crippen LogP contribution < -0.4 is 10.6 Å². The second kappa shape index (κ2) is 7.74. The Balaban J connectivity index is 1.74. The van der Waals surface area contributed by atoms with E-state index in [2.05, 4.69) is 26.6 Å². The van der Waals surface area contributed by atoms with Gasteiger partial charge in [-0.3, -0.25) is 9.59 Å². The monoisotopic (exact) mass is 368 g/mol. The van der Waals surface area contributed by atoms with Gasteiger partial charge in [0, 0.05) is 29.5 Å². The van der Waals surface area contributed by atoms with E-state index in [1.165, 1.54) is 18.4 Å². The van der Waals surface area contributed by atoms with Crippen molar-refractivity contribution in [1.82, 2.24) is 10.6 Å². The number of benzene rings is 1. The smallest absolute Gasteiger partial charge is 0.252 e. The van der Waals surface area contributed by atoms with Crippen molar-refractivity contribution in [3.8, 4) is 0 Å². The van der Waals surface area contributed by atoms with Gasteiger partial charge in [-0.25, -0.2) is 4.39 Å². The molecular weight excluding hydrogens is 355 g/mol. The number of halogens is 2. The van der Waals surface area contributed by atoms with E-state index < -0.39 is 11.7 Å². The van der Waals surface area contributed by atoms with Crippen LogP contribution in [0.15, 0.2) is 45.7 Å². The summed E-state index contributed by atoms with van der Waals surface area (Å²) in [4.78, 5) is 23.5. The molecule has 0 aliphatic carbocycles. The van der Waals surface area contributed by atoms with Crippen LogP contribution in [0, 0.1) is 5.82 Å². The summed E-state index contributed by atoms with van der Waals surface area (Å²) in [6.07, 6.45) is 3.21. The molecule has 5 nitrogen and oxygen atoms in total. The fourth-order valence-electron chi connectivity index (χ4n) is 1.74. The highest BCUT2D eigenvalue weighted by Crippen LogP contribution is 2.17. The molecule has 0 atom stereocenters. The summed E-state index contributed by atoms with van der Waals surface area (Å²) in [6.45, 7) is 0.539. The van der Waals surface area contributed by atoms with Crippen LogP contribution in [0.25, 0.3) is 0 Å². The van der Waals surface area contributed by atoms with Crippen LogP contribution in [-0.4, -0.2) is 18.4 Å². The number of hydrogen-bond acceptors (Lipinski definition) is 3. The van der Waals surface area contributed by atoms with E-state index in [9.17, 15) is 14.0 Å². The minimum atomic E-state index is -0.494. The molecule has 0 bridgehead atoms. The van der Waals surface area contributed by atoms with Gasteiger partial charge in [-0.15, -0.1) is 0 Å². The van der Waals surface area contributed by atoms with Gasteiger partial charge in [-0.1, -0.05) is 0 Å². The zero-order chi connectivity index (χ0) is 15.9. The molecule has 0 radical (unpaired) electrons. The number of rotatable bonds is 6. The SMILES string of the molecule is O=C(CCNC(=O)c1cc(F)ccc1Br)NCc1ccoc1. The first kappa shape index (κ1) is 16.2. The predicted octanol–water partition coefficient (Wildman–Crippen LogP) is 2.62. The molecule has 1 aromatic heterocycles. The van der Waals surface area contributed by atoms with Crippen molar-refractivity contribution in [2.45, 2.75) is 13.0 Å². The quantitative estimate of drug-likeness (QED) is 0.823. The normalized spacial score (nSPS) is 10.3. The maximum absolute atomic E-state index is 13.1. The summed E-state index contributed by atoms with van der Waals surface area (Å²) in [6, 6.07) is 5.61. The van der Waals surface area contributed by atoms with Crippen LogP contribution in [0.1, 0.15) is 22.3 Å². The molecule has 0 spiro atoms. The molecule has 1 aromatic carbocycles. The van der Waals surface area contributed by atoms with E-state index in [0.29, 0.717) is 11.0 Å². The molecule has 0 saturated heterocycles. The van der Waals surface area contributed by atoms with E-state index in [1.54, 1.807) is 12.3 Å². The molecule has 7 heteroatoms. The summed E-state index contributed by atoms with van der Waals surface area (Å²) in [5.41, 5.74) is 1.06. The molecule has 2 rings (SSSR count). The van der Waals surface area contributed by atoms with E-state index in [1.807, 2.05) is 0 Å². The highest BCUT2D eigenvalue weighted by atomic mass is 79.9. The van der Waals surface area contributed by atoms with Crippen molar-refractivity contribution in [2.75, 3.05) is 6.54 Å². The van der Waals surface area contributed by atoms with Crippen molar-refractivity contribution in [3.63, 3.8) is 0 Å². The molecule has 2 N–H and O–H groups in total. The zero-order valence-corrected chi connectivity index (χ0v) is 13.2. The predicted molar refractivity (Wildman–Crippen MR) is 81.6 cm³/mol. The number of carbonyl (C=O) groups excluding carboxylic acids is 2. The largest absolute Gasteiger partial charge is 0.472 e. The molecule has 0 aliphatic heterocycles. The minimum absolute atomic E-state index is 0.135. The first-order chi connectivity index (χ1) is 10.6. The molecule has 2 amide bonds. The number of amides is 2. The van der Waals surface area contributed by atoms with Crippen molar-refractivity contribution in [3.05, 3.63) is 58.2 Å². The van der Waals surface area contributed by atoms with Gasteiger partial charge >= 0.3 is 0 Å². The van der Waals surface area contributed by atoms with Gasteiger partial charge in [0.15, 0.2) is 0 Å². The summed E-state index contributed by atoms with van der Waals surface area (Å²) in [7, 11) is 0. The Morgan fingerprint density at radius 2 is 2.05 bits per heavy atom. The van der Waals surface area contributed by atoms with Crippen LogP contribution in [-0.2, 0) is 11.3 Å². The van der Waals surface area contributed by atoms with E-state index >= 15 is 0 Å². The maximum Gasteiger partial charge on any atom is 0.252 e. The average Bonchev–Trinajstić information content (AvgIpc) is 3.01. The number of carbonyl (C=O) groups is 2. The second-order valence-electron chi connectivity index (χ2n) is 4.54. The molecule has 0 unspecified atom stereocenters. The Morgan fingerprint density at radius 3 is 2.77 bits per heavy atom. The highest BCUT2D eigenvalue weighted by Gasteiger charge is 2.11. The number of furan rings is 1. The molecule has 0 fully saturated rings. The molecule has 0 saturated carbocycles. The lowest BCUT2D eigenvalue weighted by atomic mass is 10.2. The van der Waals surface area contributed by atoms with Crippen LogP contribution in [0.4, 0.5) is 4.39 Å². The third kappa shape index (κ3) is 4.70. The van der Waals surface area contributed by atoms with Gasteiger partial charge in [0.2, 0.25) is 5.91 Å². The zero-order valence-electron chi connectivity index (χ0n) is 11.6. The summed E-state index contributed by atoms with van der Waals surface area (Å²) >= 11 is 3.18. The third-order valence-electron chi connectivity index (χ3n) is 2.88. The van der Waals surface area contributed by atoms with Crippen LogP contribution in [0.5, 0.6) is 0 Å². The Hall–Kier alpha value is -2.15. The van der Waals surface area contributed by atoms with Crippen LogP contribution in [0.2, 0.25) is 0 Å². The second-order valence-corrected chi connectivity index (χ2v) is 5.39. The van der Waals surface area contributed by atoms with E-state index in [0.717, 1.165) is 11.6 Å². The molecular formula is C15H14BrFN2O3. The van der Waals surface area contributed by atoms with Crippen molar-refractivity contribution >= 4 is 27.7 Å². The van der Waals surface area contributed by atoms with Crippen LogP contribution in [0.3, 0.4) is 0 Å². The van der Waals surface area contributed by atoms with Crippen molar-refractivity contribution < 1.29 is 18.4 Å². The lowest BCUT2D eigenvalue weighted by molar-refractivity contribution is -0.121. The molecule has 2 aromatic rings. The Kier molecular flexibility index (Phi) is 5.71. The topological polar surface area (TPSA) is 71.3 Å². The van der Waals surface area contributed by atoms with Gasteiger partial charge in [0.05, 0.1) is 18.1 Å². The lowest BCUT2D eigenvalue weighted by Gasteiger charge is -2.07. The summed E-state index contributed by atoms with van der Waals surface area (Å²) in [5.74, 6) is -1.12.